The fourth-order valence-electron chi connectivity index (χ4n) is 3.13. The van der Waals surface area contributed by atoms with Crippen molar-refractivity contribution in [1.82, 2.24) is 15.5 Å². The summed E-state index contributed by atoms with van der Waals surface area (Å²) >= 11 is 0. The van der Waals surface area contributed by atoms with Gasteiger partial charge < -0.3 is 20.1 Å². The monoisotopic (exact) mass is 403 g/mol. The molecule has 0 aliphatic carbocycles. The lowest BCUT2D eigenvalue weighted by Crippen LogP contribution is -2.59. The van der Waals surface area contributed by atoms with Gasteiger partial charge in [0.25, 0.3) is 0 Å². The van der Waals surface area contributed by atoms with Crippen LogP contribution in [0.2, 0.25) is 0 Å². The highest BCUT2D eigenvalue weighted by Crippen LogP contribution is 2.23. The minimum atomic E-state index is -4.72. The number of nitrogens with zero attached hydrogens (tertiary/aromatic N) is 1. The van der Waals surface area contributed by atoms with Crippen LogP contribution in [0.4, 0.5) is 18.0 Å². The number of rotatable bonds is 6. The van der Waals surface area contributed by atoms with Crippen LogP contribution in [0.3, 0.4) is 0 Å². The molecule has 0 spiro atoms. The fourth-order valence-corrected chi connectivity index (χ4v) is 3.13. The van der Waals surface area contributed by atoms with Gasteiger partial charge >= 0.3 is 12.4 Å². The first-order chi connectivity index (χ1) is 12.9. The summed E-state index contributed by atoms with van der Waals surface area (Å²) in [6.45, 7) is 10.4. The van der Waals surface area contributed by atoms with Crippen LogP contribution < -0.4 is 15.4 Å². The van der Waals surface area contributed by atoms with E-state index in [1.54, 1.807) is 0 Å². The zero-order valence-electron chi connectivity index (χ0n) is 16.6. The fraction of sp³-hybridized carbons (Fsp3) is 0.632. The van der Waals surface area contributed by atoms with E-state index in [2.05, 4.69) is 34.1 Å². The van der Waals surface area contributed by atoms with Gasteiger partial charge in [-0.1, -0.05) is 12.1 Å². The maximum absolute atomic E-state index is 12.2. The van der Waals surface area contributed by atoms with E-state index in [4.69, 9.17) is 4.74 Å². The van der Waals surface area contributed by atoms with Crippen molar-refractivity contribution in [2.24, 2.45) is 0 Å². The average Bonchev–Trinajstić information content (AvgIpc) is 2.57. The lowest BCUT2D eigenvalue weighted by Gasteiger charge is -2.45. The zero-order valence-corrected chi connectivity index (χ0v) is 16.6. The molecule has 1 heterocycles. The third kappa shape index (κ3) is 7.20. The van der Waals surface area contributed by atoms with Crippen molar-refractivity contribution in [3.05, 3.63) is 29.8 Å². The quantitative estimate of drug-likeness (QED) is 0.765. The first-order valence-corrected chi connectivity index (χ1v) is 9.21. The Balaban J connectivity index is 1.77. The van der Waals surface area contributed by atoms with Gasteiger partial charge in [-0.3, -0.25) is 4.90 Å². The summed E-state index contributed by atoms with van der Waals surface area (Å²) in [5.74, 6) is -0.295. The molecule has 2 rings (SSSR count). The Hall–Kier alpha value is -2.00. The number of carbonyl (C=O) groups is 1. The van der Waals surface area contributed by atoms with E-state index in [9.17, 15) is 18.0 Å². The second kappa shape index (κ2) is 9.00. The Morgan fingerprint density at radius 1 is 1.14 bits per heavy atom. The molecule has 1 fully saturated rings. The maximum atomic E-state index is 12.2. The predicted molar refractivity (Wildman–Crippen MR) is 99.0 cm³/mol. The summed E-state index contributed by atoms with van der Waals surface area (Å²) in [4.78, 5) is 14.4. The van der Waals surface area contributed by atoms with Crippen LogP contribution in [-0.2, 0) is 11.3 Å². The molecule has 2 amide bonds. The summed E-state index contributed by atoms with van der Waals surface area (Å²) in [6.07, 6.45) is -4.44. The highest BCUT2D eigenvalue weighted by molar-refractivity contribution is 5.73. The largest absolute Gasteiger partial charge is 0.573 e. The van der Waals surface area contributed by atoms with Gasteiger partial charge in [0.2, 0.25) is 0 Å². The normalized spacial score (nSPS) is 21.2. The highest BCUT2D eigenvalue weighted by atomic mass is 19.4. The summed E-state index contributed by atoms with van der Waals surface area (Å²) < 4.78 is 46.0. The van der Waals surface area contributed by atoms with Crippen LogP contribution in [0.15, 0.2) is 24.3 Å². The van der Waals surface area contributed by atoms with Crippen LogP contribution in [0.5, 0.6) is 5.75 Å². The number of halogens is 3. The minimum Gasteiger partial charge on any atom is -0.406 e. The number of benzene rings is 1. The molecular formula is C19H28F3N3O3. The van der Waals surface area contributed by atoms with Crippen molar-refractivity contribution in [1.29, 1.82) is 0 Å². The molecule has 6 nitrogen and oxygen atoms in total. The molecule has 1 aliphatic heterocycles. The molecule has 0 aromatic heterocycles. The average molecular weight is 403 g/mol. The molecule has 0 saturated carbocycles. The van der Waals surface area contributed by atoms with E-state index in [1.165, 1.54) is 24.3 Å². The topological polar surface area (TPSA) is 62.8 Å². The summed E-state index contributed by atoms with van der Waals surface area (Å²) in [5.41, 5.74) is 0.431. The molecule has 1 aromatic carbocycles. The third-order valence-electron chi connectivity index (χ3n) is 4.57. The number of alkyl halides is 3. The van der Waals surface area contributed by atoms with E-state index < -0.39 is 6.36 Å². The lowest BCUT2D eigenvalue weighted by atomic mass is 10.00. The number of amides is 2. The van der Waals surface area contributed by atoms with E-state index >= 15 is 0 Å². The Labute approximate surface area is 163 Å². The Kier molecular flexibility index (Phi) is 7.16. The molecule has 28 heavy (non-hydrogen) atoms. The van der Waals surface area contributed by atoms with E-state index in [0.717, 1.165) is 13.1 Å². The van der Waals surface area contributed by atoms with Gasteiger partial charge in [0.05, 0.1) is 12.2 Å². The van der Waals surface area contributed by atoms with Gasteiger partial charge in [-0.2, -0.15) is 0 Å². The number of nitrogens with one attached hydrogen (secondary N) is 2. The number of carbonyl (C=O) groups excluding carboxylic acids is 1. The molecule has 0 bridgehead atoms. The van der Waals surface area contributed by atoms with Crippen LogP contribution in [-0.4, -0.2) is 54.7 Å². The van der Waals surface area contributed by atoms with E-state index in [0.29, 0.717) is 12.1 Å². The van der Waals surface area contributed by atoms with Crippen LogP contribution in [0.1, 0.15) is 33.3 Å². The van der Waals surface area contributed by atoms with Crippen molar-refractivity contribution in [2.45, 2.75) is 58.3 Å². The summed E-state index contributed by atoms with van der Waals surface area (Å²) in [5, 5.41) is 5.56. The van der Waals surface area contributed by atoms with Crippen molar-refractivity contribution in [3.63, 3.8) is 0 Å². The molecule has 0 radical (unpaired) electrons. The van der Waals surface area contributed by atoms with Gasteiger partial charge in [0.1, 0.15) is 5.75 Å². The molecule has 1 saturated heterocycles. The summed E-state index contributed by atoms with van der Waals surface area (Å²) in [6, 6.07) is 5.04. The Bertz CT molecular complexity index is 640. The van der Waals surface area contributed by atoms with Crippen molar-refractivity contribution < 1.29 is 27.4 Å². The second-order valence-corrected chi connectivity index (χ2v) is 7.70. The first-order valence-electron chi connectivity index (χ1n) is 9.21. The zero-order chi connectivity index (χ0) is 20.9. The van der Waals surface area contributed by atoms with Crippen molar-refractivity contribution in [2.75, 3.05) is 19.6 Å². The van der Waals surface area contributed by atoms with Crippen LogP contribution >= 0.6 is 0 Å². The number of morpholine rings is 1. The van der Waals surface area contributed by atoms with Crippen molar-refractivity contribution >= 4 is 6.03 Å². The standard InChI is InChI=1S/C19H28F3N3O3/c1-13-10-25(11-14(2)27-13)18(3,4)12-24-17(26)23-9-15-5-7-16(8-6-15)28-19(20,21)22/h5-8,13-14H,9-12H2,1-4H3,(H2,23,24,26)/t13-,14+. The van der Waals surface area contributed by atoms with Gasteiger partial charge in [-0.25, -0.2) is 4.79 Å². The SMILES string of the molecule is C[C@@H]1CN(C(C)(C)CNC(=O)NCc2ccc(OC(F)(F)F)cc2)C[C@H](C)O1. The Morgan fingerprint density at radius 3 is 2.25 bits per heavy atom. The van der Waals surface area contributed by atoms with E-state index in [1.807, 2.05) is 13.8 Å². The second-order valence-electron chi connectivity index (χ2n) is 7.70. The third-order valence-corrected chi connectivity index (χ3v) is 4.57. The number of urea groups is 1. The molecular weight excluding hydrogens is 375 g/mol. The van der Waals surface area contributed by atoms with Crippen LogP contribution in [0, 0.1) is 0 Å². The molecule has 2 N–H and O–H groups in total. The summed E-state index contributed by atoms with van der Waals surface area (Å²) in [7, 11) is 0. The first kappa shape index (κ1) is 22.3. The van der Waals surface area contributed by atoms with Gasteiger partial charge in [0, 0.05) is 31.7 Å². The number of hydrogen-bond donors (Lipinski definition) is 2. The highest BCUT2D eigenvalue weighted by Gasteiger charge is 2.33. The molecule has 1 aromatic rings. The van der Waals surface area contributed by atoms with Gasteiger partial charge in [-0.15, -0.1) is 13.2 Å². The van der Waals surface area contributed by atoms with Crippen LogP contribution in [0.25, 0.3) is 0 Å². The van der Waals surface area contributed by atoms with Crippen molar-refractivity contribution in [3.8, 4) is 5.75 Å². The van der Waals surface area contributed by atoms with E-state index in [-0.39, 0.29) is 36.1 Å². The predicted octanol–water partition coefficient (Wildman–Crippen LogP) is 3.27. The maximum Gasteiger partial charge on any atom is 0.573 e. The Morgan fingerprint density at radius 2 is 1.71 bits per heavy atom. The van der Waals surface area contributed by atoms with Gasteiger partial charge in [0.15, 0.2) is 0 Å². The molecule has 0 unspecified atom stereocenters. The number of hydrogen-bond acceptors (Lipinski definition) is 4. The smallest absolute Gasteiger partial charge is 0.406 e. The number of ether oxygens (including phenoxy) is 2. The van der Waals surface area contributed by atoms with Gasteiger partial charge in [-0.05, 0) is 45.4 Å². The molecule has 2 atom stereocenters. The molecule has 9 heteroatoms. The minimum absolute atomic E-state index is 0.140. The molecule has 158 valence electrons. The molecule has 1 aliphatic rings. The lowest BCUT2D eigenvalue weighted by molar-refractivity contribution is -0.274.